The van der Waals surface area contributed by atoms with Crippen LogP contribution in [0.3, 0.4) is 0 Å². The summed E-state index contributed by atoms with van der Waals surface area (Å²) in [4.78, 5) is 0.0564. The Kier molecular flexibility index (Phi) is 4.41. The molecule has 1 atom stereocenters. The first-order valence-electron chi connectivity index (χ1n) is 5.31. The average molecular weight is 277 g/mol. The molecule has 1 aromatic carbocycles. The molecule has 0 fully saturated rings. The second-order valence-corrected chi connectivity index (χ2v) is 6.43. The maximum absolute atomic E-state index is 12.0. The third-order valence-electron chi connectivity index (χ3n) is 2.59. The summed E-state index contributed by atoms with van der Waals surface area (Å²) in [6, 6.07) is 4.19. The van der Waals surface area contributed by atoms with E-state index in [0.29, 0.717) is 5.69 Å². The summed E-state index contributed by atoms with van der Waals surface area (Å²) < 4.78 is 26.7. The van der Waals surface area contributed by atoms with Crippen LogP contribution in [0, 0.1) is 5.92 Å². The lowest BCUT2D eigenvalue weighted by molar-refractivity contribution is 0.476. The van der Waals surface area contributed by atoms with Gasteiger partial charge in [0, 0.05) is 11.7 Å². The Morgan fingerprint density at radius 3 is 2.35 bits per heavy atom. The van der Waals surface area contributed by atoms with E-state index in [1.54, 1.807) is 0 Å². The molecule has 4 nitrogen and oxygen atoms in total. The summed E-state index contributed by atoms with van der Waals surface area (Å²) in [7, 11) is -3.59. The van der Waals surface area contributed by atoms with Gasteiger partial charge < -0.3 is 5.73 Å². The number of sulfonamides is 1. The third-order valence-corrected chi connectivity index (χ3v) is 4.63. The largest absolute Gasteiger partial charge is 0.399 e. The van der Waals surface area contributed by atoms with Crippen molar-refractivity contribution in [2.24, 2.45) is 5.92 Å². The molecule has 17 heavy (non-hydrogen) atoms. The standard InChI is InChI=1S/C11H17ClN2O2S/c1-7(2)8(3)14-17(15,16)11-5-4-9(13)6-10(11)12/h4-8,14H,13H2,1-3H3. The topological polar surface area (TPSA) is 72.2 Å². The van der Waals surface area contributed by atoms with Gasteiger partial charge in [-0.25, -0.2) is 13.1 Å². The average Bonchev–Trinajstić information content (AvgIpc) is 2.15. The zero-order valence-electron chi connectivity index (χ0n) is 10.1. The highest BCUT2D eigenvalue weighted by Gasteiger charge is 2.21. The summed E-state index contributed by atoms with van der Waals surface area (Å²) >= 11 is 5.88. The van der Waals surface area contributed by atoms with Crippen molar-refractivity contribution in [3.05, 3.63) is 23.2 Å². The van der Waals surface area contributed by atoms with Gasteiger partial charge in [0.1, 0.15) is 4.90 Å². The molecule has 0 aliphatic heterocycles. The highest BCUT2D eigenvalue weighted by Crippen LogP contribution is 2.24. The van der Waals surface area contributed by atoms with Crippen LogP contribution in [0.5, 0.6) is 0 Å². The van der Waals surface area contributed by atoms with Crippen LogP contribution < -0.4 is 10.5 Å². The Balaban J connectivity index is 3.06. The van der Waals surface area contributed by atoms with Crippen molar-refractivity contribution in [3.63, 3.8) is 0 Å². The Morgan fingerprint density at radius 2 is 1.88 bits per heavy atom. The number of nitrogen functional groups attached to an aromatic ring is 1. The molecule has 3 N–H and O–H groups in total. The first kappa shape index (κ1) is 14.3. The van der Waals surface area contributed by atoms with Crippen molar-refractivity contribution < 1.29 is 8.42 Å². The third kappa shape index (κ3) is 3.59. The van der Waals surface area contributed by atoms with Crippen molar-refractivity contribution in [2.75, 3.05) is 5.73 Å². The van der Waals surface area contributed by atoms with E-state index in [-0.39, 0.29) is 21.9 Å². The minimum atomic E-state index is -3.59. The minimum absolute atomic E-state index is 0.0564. The Hall–Kier alpha value is -0.780. The molecule has 0 saturated carbocycles. The monoisotopic (exact) mass is 276 g/mol. The lowest BCUT2D eigenvalue weighted by Crippen LogP contribution is -2.36. The summed E-state index contributed by atoms with van der Waals surface area (Å²) in [6.45, 7) is 5.70. The maximum atomic E-state index is 12.0. The molecule has 0 bridgehead atoms. The van der Waals surface area contributed by atoms with E-state index in [9.17, 15) is 8.42 Å². The molecule has 1 aromatic rings. The molecule has 0 radical (unpaired) electrons. The number of hydrogen-bond acceptors (Lipinski definition) is 3. The number of rotatable bonds is 4. The van der Waals surface area contributed by atoms with Crippen LogP contribution in [0.1, 0.15) is 20.8 Å². The van der Waals surface area contributed by atoms with Crippen LogP contribution >= 0.6 is 11.6 Å². The van der Waals surface area contributed by atoms with E-state index in [1.165, 1.54) is 18.2 Å². The Morgan fingerprint density at radius 1 is 1.29 bits per heavy atom. The minimum Gasteiger partial charge on any atom is -0.399 e. The van der Waals surface area contributed by atoms with E-state index in [0.717, 1.165) is 0 Å². The number of nitrogens with one attached hydrogen (secondary N) is 1. The number of hydrogen-bond donors (Lipinski definition) is 2. The van der Waals surface area contributed by atoms with Gasteiger partial charge in [0.25, 0.3) is 0 Å². The van der Waals surface area contributed by atoms with Gasteiger partial charge in [-0.2, -0.15) is 0 Å². The quantitative estimate of drug-likeness (QED) is 0.829. The van der Waals surface area contributed by atoms with E-state index in [4.69, 9.17) is 17.3 Å². The van der Waals surface area contributed by atoms with Gasteiger partial charge in [-0.3, -0.25) is 0 Å². The van der Waals surface area contributed by atoms with Gasteiger partial charge >= 0.3 is 0 Å². The number of benzene rings is 1. The fourth-order valence-corrected chi connectivity index (χ4v) is 3.12. The molecule has 0 aliphatic rings. The van der Waals surface area contributed by atoms with E-state index < -0.39 is 10.0 Å². The second kappa shape index (κ2) is 5.25. The van der Waals surface area contributed by atoms with E-state index >= 15 is 0 Å². The highest BCUT2D eigenvalue weighted by atomic mass is 35.5. The van der Waals surface area contributed by atoms with Crippen LogP contribution in [0.25, 0.3) is 0 Å². The van der Waals surface area contributed by atoms with Crippen LogP contribution in [-0.4, -0.2) is 14.5 Å². The zero-order valence-corrected chi connectivity index (χ0v) is 11.6. The molecule has 0 saturated heterocycles. The van der Waals surface area contributed by atoms with Gasteiger partial charge in [-0.1, -0.05) is 25.4 Å². The van der Waals surface area contributed by atoms with Crippen molar-refractivity contribution >= 4 is 27.3 Å². The van der Waals surface area contributed by atoms with E-state index in [2.05, 4.69) is 4.72 Å². The first-order valence-corrected chi connectivity index (χ1v) is 7.17. The number of halogens is 1. The van der Waals surface area contributed by atoms with Crippen molar-refractivity contribution in [3.8, 4) is 0 Å². The predicted octanol–water partition coefficient (Wildman–Crippen LogP) is 2.25. The second-order valence-electron chi connectivity index (χ2n) is 4.34. The molecule has 96 valence electrons. The smallest absolute Gasteiger partial charge is 0.242 e. The SMILES string of the molecule is CC(C)C(C)NS(=O)(=O)c1ccc(N)cc1Cl. The molecule has 0 spiro atoms. The first-order chi connectivity index (χ1) is 7.74. The molecule has 6 heteroatoms. The van der Waals surface area contributed by atoms with Gasteiger partial charge in [0.2, 0.25) is 10.0 Å². The van der Waals surface area contributed by atoms with Crippen molar-refractivity contribution in [2.45, 2.75) is 31.7 Å². The molecular formula is C11H17ClN2O2S. The van der Waals surface area contributed by atoms with Crippen molar-refractivity contribution in [1.29, 1.82) is 0 Å². The van der Waals surface area contributed by atoms with Crippen LogP contribution in [0.2, 0.25) is 5.02 Å². The van der Waals surface area contributed by atoms with Crippen LogP contribution in [-0.2, 0) is 10.0 Å². The lowest BCUT2D eigenvalue weighted by atomic mass is 10.1. The molecule has 0 aromatic heterocycles. The summed E-state index contributed by atoms with van der Waals surface area (Å²) in [5.74, 6) is 0.206. The molecular weight excluding hydrogens is 260 g/mol. The summed E-state index contributed by atoms with van der Waals surface area (Å²) in [5, 5.41) is 0.133. The van der Waals surface area contributed by atoms with Gasteiger partial charge in [-0.05, 0) is 31.0 Å². The molecule has 0 amide bonds. The number of anilines is 1. The lowest BCUT2D eigenvalue weighted by Gasteiger charge is -2.18. The maximum Gasteiger partial charge on any atom is 0.242 e. The molecule has 1 rings (SSSR count). The van der Waals surface area contributed by atoms with Gasteiger partial charge in [0.15, 0.2) is 0 Å². The van der Waals surface area contributed by atoms with Crippen LogP contribution in [0.4, 0.5) is 5.69 Å². The summed E-state index contributed by atoms with van der Waals surface area (Å²) in [5.41, 5.74) is 5.96. The fourth-order valence-electron chi connectivity index (χ4n) is 1.18. The van der Waals surface area contributed by atoms with Gasteiger partial charge in [0.05, 0.1) is 5.02 Å². The van der Waals surface area contributed by atoms with E-state index in [1.807, 2.05) is 20.8 Å². The highest BCUT2D eigenvalue weighted by molar-refractivity contribution is 7.89. The van der Waals surface area contributed by atoms with Crippen LogP contribution in [0.15, 0.2) is 23.1 Å². The van der Waals surface area contributed by atoms with Crippen molar-refractivity contribution in [1.82, 2.24) is 4.72 Å². The zero-order chi connectivity index (χ0) is 13.2. The molecule has 1 unspecified atom stereocenters. The normalized spacial score (nSPS) is 13.9. The fraction of sp³-hybridized carbons (Fsp3) is 0.455. The van der Waals surface area contributed by atoms with Gasteiger partial charge in [-0.15, -0.1) is 0 Å². The Labute approximate surface area is 107 Å². The summed E-state index contributed by atoms with van der Waals surface area (Å²) in [6.07, 6.45) is 0. The molecule has 0 aliphatic carbocycles. The Bertz CT molecular complexity index is 500. The number of nitrogens with two attached hydrogens (primary N) is 1. The predicted molar refractivity (Wildman–Crippen MR) is 70.5 cm³/mol. The molecule has 0 heterocycles.